The van der Waals surface area contributed by atoms with E-state index in [4.69, 9.17) is 4.74 Å². The predicted molar refractivity (Wildman–Crippen MR) is 100 cm³/mol. The van der Waals surface area contributed by atoms with Gasteiger partial charge in [-0.25, -0.2) is 0 Å². The fourth-order valence-corrected chi connectivity index (χ4v) is 3.73. The highest BCUT2D eigenvalue weighted by atomic mass is 19.3. The Morgan fingerprint density at radius 1 is 1.22 bits per heavy atom. The molecule has 2 heterocycles. The summed E-state index contributed by atoms with van der Waals surface area (Å²) in [5.41, 5.74) is 2.17. The number of rotatable bonds is 8. The first-order valence-corrected chi connectivity index (χ1v) is 9.55. The van der Waals surface area contributed by atoms with Crippen LogP contribution in [0.5, 0.6) is 5.75 Å². The van der Waals surface area contributed by atoms with Crippen molar-refractivity contribution in [3.8, 4) is 5.75 Å². The standard InChI is InChI=1S/C20H27F2N3O2/c1-3-19(15-5-7-18(8-6-15)27-20(21)22)25(16-9-11-26-12-10-16)17-13-23-24(4-2)14-17/h5-8,13-14,16,19-20H,3-4,9-12H2,1-2H3. The van der Waals surface area contributed by atoms with E-state index in [2.05, 4.69) is 34.8 Å². The van der Waals surface area contributed by atoms with Gasteiger partial charge in [0.15, 0.2) is 0 Å². The lowest BCUT2D eigenvalue weighted by Crippen LogP contribution is -2.41. The van der Waals surface area contributed by atoms with E-state index in [1.165, 1.54) is 0 Å². The lowest BCUT2D eigenvalue weighted by Gasteiger charge is -2.41. The van der Waals surface area contributed by atoms with E-state index >= 15 is 0 Å². The number of hydrogen-bond donors (Lipinski definition) is 0. The first-order chi connectivity index (χ1) is 13.1. The molecule has 148 valence electrons. The molecule has 0 N–H and O–H groups in total. The van der Waals surface area contributed by atoms with Gasteiger partial charge < -0.3 is 14.4 Å². The van der Waals surface area contributed by atoms with E-state index < -0.39 is 6.61 Å². The van der Waals surface area contributed by atoms with Gasteiger partial charge >= 0.3 is 6.61 Å². The topological polar surface area (TPSA) is 39.5 Å². The van der Waals surface area contributed by atoms with Crippen molar-refractivity contribution in [2.24, 2.45) is 0 Å². The third kappa shape index (κ3) is 4.77. The molecule has 1 saturated heterocycles. The van der Waals surface area contributed by atoms with Gasteiger partial charge in [0.05, 0.1) is 17.9 Å². The molecular weight excluding hydrogens is 352 g/mol. The van der Waals surface area contributed by atoms with Crippen molar-refractivity contribution in [1.29, 1.82) is 0 Å². The van der Waals surface area contributed by atoms with Crippen molar-refractivity contribution in [1.82, 2.24) is 9.78 Å². The molecular formula is C20H27F2N3O2. The highest BCUT2D eigenvalue weighted by molar-refractivity contribution is 5.48. The first kappa shape index (κ1) is 19.6. The number of ether oxygens (including phenoxy) is 2. The number of aryl methyl sites for hydroxylation is 1. The van der Waals surface area contributed by atoms with E-state index in [1.807, 2.05) is 23.0 Å². The molecule has 1 aromatic carbocycles. The summed E-state index contributed by atoms with van der Waals surface area (Å²) in [4.78, 5) is 2.42. The summed E-state index contributed by atoms with van der Waals surface area (Å²) < 4.78 is 36.8. The van der Waals surface area contributed by atoms with E-state index in [9.17, 15) is 8.78 Å². The summed E-state index contributed by atoms with van der Waals surface area (Å²) in [6, 6.07) is 7.47. The summed E-state index contributed by atoms with van der Waals surface area (Å²) in [7, 11) is 0. The van der Waals surface area contributed by atoms with Gasteiger partial charge in [-0.3, -0.25) is 4.68 Å². The Kier molecular flexibility index (Phi) is 6.66. The Bertz CT molecular complexity index is 700. The van der Waals surface area contributed by atoms with Crippen molar-refractivity contribution in [3.05, 3.63) is 42.2 Å². The molecule has 1 fully saturated rings. The van der Waals surface area contributed by atoms with Crippen molar-refractivity contribution >= 4 is 5.69 Å². The molecule has 3 rings (SSSR count). The zero-order valence-electron chi connectivity index (χ0n) is 15.9. The Balaban J connectivity index is 1.90. The van der Waals surface area contributed by atoms with Crippen molar-refractivity contribution in [2.45, 2.75) is 58.3 Å². The number of anilines is 1. The van der Waals surface area contributed by atoms with E-state index in [0.29, 0.717) is 6.04 Å². The van der Waals surface area contributed by atoms with Gasteiger partial charge in [-0.15, -0.1) is 0 Å². The fraction of sp³-hybridized carbons (Fsp3) is 0.550. The fourth-order valence-electron chi connectivity index (χ4n) is 3.73. The highest BCUT2D eigenvalue weighted by Crippen LogP contribution is 2.35. The number of hydrogen-bond acceptors (Lipinski definition) is 4. The molecule has 0 radical (unpaired) electrons. The molecule has 27 heavy (non-hydrogen) atoms. The molecule has 2 aromatic rings. The minimum absolute atomic E-state index is 0.128. The van der Waals surface area contributed by atoms with Crippen LogP contribution in [-0.2, 0) is 11.3 Å². The summed E-state index contributed by atoms with van der Waals surface area (Å²) in [6.07, 6.45) is 6.80. The smallest absolute Gasteiger partial charge is 0.387 e. The molecule has 5 nitrogen and oxygen atoms in total. The molecule has 1 aliphatic rings. The zero-order chi connectivity index (χ0) is 19.2. The molecule has 7 heteroatoms. The summed E-state index contributed by atoms with van der Waals surface area (Å²) in [6.45, 7) is 3.72. The summed E-state index contributed by atoms with van der Waals surface area (Å²) in [5.74, 6) is 0.181. The Hall–Kier alpha value is -2.15. The zero-order valence-corrected chi connectivity index (χ0v) is 15.9. The molecule has 0 spiro atoms. The Morgan fingerprint density at radius 2 is 1.93 bits per heavy atom. The average Bonchev–Trinajstić information content (AvgIpc) is 3.16. The maximum atomic E-state index is 12.4. The minimum atomic E-state index is -2.81. The lowest BCUT2D eigenvalue weighted by atomic mass is 9.97. The molecule has 0 bridgehead atoms. The molecule has 0 saturated carbocycles. The van der Waals surface area contributed by atoms with Crippen LogP contribution in [-0.4, -0.2) is 35.6 Å². The second kappa shape index (κ2) is 9.17. The molecule has 0 amide bonds. The average molecular weight is 379 g/mol. The van der Waals surface area contributed by atoms with E-state index in [0.717, 1.165) is 50.3 Å². The van der Waals surface area contributed by atoms with Gasteiger partial charge in [0.25, 0.3) is 0 Å². The second-order valence-corrected chi connectivity index (χ2v) is 6.68. The van der Waals surface area contributed by atoms with Crippen LogP contribution in [0.15, 0.2) is 36.7 Å². The van der Waals surface area contributed by atoms with Crippen molar-refractivity contribution < 1.29 is 18.3 Å². The maximum absolute atomic E-state index is 12.4. The third-order valence-corrected chi connectivity index (χ3v) is 5.04. The SMILES string of the molecule is CCC(c1ccc(OC(F)F)cc1)N(c1cnn(CC)c1)C1CCOCC1. The van der Waals surface area contributed by atoms with Gasteiger partial charge in [0, 0.05) is 32.0 Å². The number of alkyl halides is 2. The van der Waals surface area contributed by atoms with Gasteiger partial charge in [-0.2, -0.15) is 13.9 Å². The maximum Gasteiger partial charge on any atom is 0.387 e. The van der Waals surface area contributed by atoms with Gasteiger partial charge in [0.1, 0.15) is 5.75 Å². The van der Waals surface area contributed by atoms with Crippen LogP contribution in [0.3, 0.4) is 0 Å². The molecule has 0 aliphatic carbocycles. The van der Waals surface area contributed by atoms with Crippen LogP contribution in [0.2, 0.25) is 0 Å². The summed E-state index contributed by atoms with van der Waals surface area (Å²) in [5, 5.41) is 4.45. The molecule has 1 aliphatic heterocycles. The molecule has 1 aromatic heterocycles. The third-order valence-electron chi connectivity index (χ3n) is 5.04. The first-order valence-electron chi connectivity index (χ1n) is 9.55. The van der Waals surface area contributed by atoms with Gasteiger partial charge in [-0.05, 0) is 43.9 Å². The van der Waals surface area contributed by atoms with Gasteiger partial charge in [-0.1, -0.05) is 19.1 Å². The normalized spacial score (nSPS) is 16.5. The van der Waals surface area contributed by atoms with Crippen LogP contribution in [0.25, 0.3) is 0 Å². The summed E-state index contributed by atoms with van der Waals surface area (Å²) >= 11 is 0. The van der Waals surface area contributed by atoms with Crippen molar-refractivity contribution in [3.63, 3.8) is 0 Å². The Labute approximate surface area is 158 Å². The van der Waals surface area contributed by atoms with Crippen LogP contribution in [0, 0.1) is 0 Å². The van der Waals surface area contributed by atoms with Crippen LogP contribution in [0.4, 0.5) is 14.5 Å². The molecule has 1 unspecified atom stereocenters. The highest BCUT2D eigenvalue weighted by Gasteiger charge is 2.29. The largest absolute Gasteiger partial charge is 0.435 e. The lowest BCUT2D eigenvalue weighted by molar-refractivity contribution is -0.0498. The monoisotopic (exact) mass is 379 g/mol. The van der Waals surface area contributed by atoms with Crippen LogP contribution in [0.1, 0.15) is 44.7 Å². The quantitative estimate of drug-likeness (QED) is 0.670. The minimum Gasteiger partial charge on any atom is -0.435 e. The van der Waals surface area contributed by atoms with E-state index in [-0.39, 0.29) is 11.8 Å². The van der Waals surface area contributed by atoms with Crippen LogP contribution >= 0.6 is 0 Å². The van der Waals surface area contributed by atoms with E-state index in [1.54, 1.807) is 12.1 Å². The second-order valence-electron chi connectivity index (χ2n) is 6.68. The number of aromatic nitrogens is 2. The predicted octanol–water partition coefficient (Wildman–Crippen LogP) is 4.64. The number of benzene rings is 1. The van der Waals surface area contributed by atoms with Gasteiger partial charge in [0.2, 0.25) is 0 Å². The van der Waals surface area contributed by atoms with Crippen LogP contribution < -0.4 is 9.64 Å². The Morgan fingerprint density at radius 3 is 2.48 bits per heavy atom. The van der Waals surface area contributed by atoms with Crippen molar-refractivity contribution in [2.75, 3.05) is 18.1 Å². The number of nitrogens with zero attached hydrogens (tertiary/aromatic N) is 3. The number of halogens is 2. The molecule has 1 atom stereocenters.